The third kappa shape index (κ3) is 4.52. The average Bonchev–Trinajstić information content (AvgIpc) is 3.36. The Morgan fingerprint density at radius 3 is 2.79 bits per heavy atom. The molecule has 1 N–H and O–H groups in total. The van der Waals surface area contributed by atoms with Crippen LogP contribution in [0.2, 0.25) is 0 Å². The number of hydrogen-bond donors (Lipinski definition) is 1. The minimum Gasteiger partial charge on any atom is -0.491 e. The first-order chi connectivity index (χ1) is 14.2. The van der Waals surface area contributed by atoms with E-state index >= 15 is 0 Å². The summed E-state index contributed by atoms with van der Waals surface area (Å²) in [6, 6.07) is 11.9. The lowest BCUT2D eigenvalue weighted by Crippen LogP contribution is -2.20. The van der Waals surface area contributed by atoms with Crippen LogP contribution in [0.15, 0.2) is 41.2 Å². The lowest BCUT2D eigenvalue weighted by atomic mass is 10.1. The molecular formula is C22H28N4O3. The number of aromatic nitrogens is 3. The van der Waals surface area contributed by atoms with Crippen LogP contribution in [0.4, 0.5) is 0 Å². The van der Waals surface area contributed by atoms with Crippen LogP contribution in [0.1, 0.15) is 36.2 Å². The zero-order valence-corrected chi connectivity index (χ0v) is 17.1. The Morgan fingerprint density at radius 2 is 2.03 bits per heavy atom. The van der Waals surface area contributed by atoms with E-state index in [0.717, 1.165) is 49.6 Å². The van der Waals surface area contributed by atoms with Crippen molar-refractivity contribution in [2.24, 2.45) is 0 Å². The highest BCUT2D eigenvalue weighted by Crippen LogP contribution is 2.28. The topological polar surface area (TPSA) is 71.9 Å². The summed E-state index contributed by atoms with van der Waals surface area (Å²) in [5, 5.41) is 3.26. The number of likely N-dealkylation sites (tertiary alicyclic amines) is 1. The highest BCUT2D eigenvalue weighted by molar-refractivity contribution is 5.41. The van der Waals surface area contributed by atoms with Crippen molar-refractivity contribution in [2.45, 2.75) is 32.2 Å². The van der Waals surface area contributed by atoms with E-state index in [1.54, 1.807) is 17.7 Å². The summed E-state index contributed by atoms with van der Waals surface area (Å²) in [5.74, 6) is 1.25. The average molecular weight is 396 g/mol. The number of nitrogens with zero attached hydrogens (tertiary/aromatic N) is 3. The Balaban J connectivity index is 1.38. The van der Waals surface area contributed by atoms with Crippen LogP contribution in [0, 0.1) is 0 Å². The van der Waals surface area contributed by atoms with Gasteiger partial charge in [-0.1, -0.05) is 19.1 Å². The molecule has 0 saturated carbocycles. The summed E-state index contributed by atoms with van der Waals surface area (Å²) in [6.07, 6.45) is 1.83. The van der Waals surface area contributed by atoms with Crippen molar-refractivity contribution in [3.05, 3.63) is 63.7 Å². The van der Waals surface area contributed by atoms with Gasteiger partial charge in [0.1, 0.15) is 12.4 Å². The van der Waals surface area contributed by atoms with E-state index in [2.05, 4.69) is 27.1 Å². The molecule has 1 aromatic carbocycles. The fourth-order valence-electron chi connectivity index (χ4n) is 3.87. The third-order valence-corrected chi connectivity index (χ3v) is 5.48. The predicted molar refractivity (Wildman–Crippen MR) is 112 cm³/mol. The molecule has 0 radical (unpaired) electrons. The molecule has 1 fully saturated rings. The SMILES string of the molecule is CCc1cc(=O)n2[nH]c(C3CCN(Cc4ccc(OCCOC)cc4)C3)cc2n1. The molecule has 0 amide bonds. The van der Waals surface area contributed by atoms with Crippen molar-refractivity contribution in [1.82, 2.24) is 19.5 Å². The van der Waals surface area contributed by atoms with Crippen LogP contribution in [-0.4, -0.2) is 52.9 Å². The van der Waals surface area contributed by atoms with Gasteiger partial charge in [-0.05, 0) is 37.1 Å². The third-order valence-electron chi connectivity index (χ3n) is 5.48. The van der Waals surface area contributed by atoms with Crippen molar-refractivity contribution in [2.75, 3.05) is 33.4 Å². The van der Waals surface area contributed by atoms with Crippen LogP contribution < -0.4 is 10.3 Å². The van der Waals surface area contributed by atoms with Crippen LogP contribution in [0.3, 0.4) is 0 Å². The van der Waals surface area contributed by atoms with Gasteiger partial charge in [0.25, 0.3) is 5.56 Å². The molecule has 1 aliphatic rings. The Morgan fingerprint density at radius 1 is 1.21 bits per heavy atom. The molecular weight excluding hydrogens is 368 g/mol. The van der Waals surface area contributed by atoms with Crippen molar-refractivity contribution in [3.8, 4) is 5.75 Å². The standard InChI is InChI=1S/C22H28N4O3/c1-3-18-12-22(27)26-21(23-18)13-20(24-26)17-8-9-25(15-17)14-16-4-6-19(7-5-16)29-11-10-28-2/h4-7,12-13,17,24H,3,8-11,14-15H2,1-2H3. The minimum atomic E-state index is -0.0410. The van der Waals surface area contributed by atoms with Gasteiger partial charge in [-0.15, -0.1) is 0 Å². The van der Waals surface area contributed by atoms with Gasteiger partial charge in [0.2, 0.25) is 0 Å². The van der Waals surface area contributed by atoms with Crippen LogP contribution in [0.5, 0.6) is 5.75 Å². The van der Waals surface area contributed by atoms with Gasteiger partial charge in [0.05, 0.1) is 6.61 Å². The van der Waals surface area contributed by atoms with Crippen molar-refractivity contribution < 1.29 is 9.47 Å². The molecule has 3 heterocycles. The largest absolute Gasteiger partial charge is 0.491 e. The summed E-state index contributed by atoms with van der Waals surface area (Å²) in [7, 11) is 1.67. The summed E-state index contributed by atoms with van der Waals surface area (Å²) in [4.78, 5) is 19.3. The summed E-state index contributed by atoms with van der Waals surface area (Å²) in [5.41, 5.74) is 3.87. The lowest BCUT2D eigenvalue weighted by Gasteiger charge is -2.16. The molecule has 7 heteroatoms. The number of aromatic amines is 1. The van der Waals surface area contributed by atoms with Gasteiger partial charge in [-0.3, -0.25) is 14.8 Å². The molecule has 0 aliphatic carbocycles. The number of aryl methyl sites for hydroxylation is 1. The molecule has 0 bridgehead atoms. The second kappa shape index (κ2) is 8.80. The van der Waals surface area contributed by atoms with E-state index in [-0.39, 0.29) is 5.56 Å². The monoisotopic (exact) mass is 396 g/mol. The predicted octanol–water partition coefficient (Wildman–Crippen LogP) is 2.60. The Hall–Kier alpha value is -2.64. The number of H-pyrrole nitrogens is 1. The van der Waals surface area contributed by atoms with E-state index in [9.17, 15) is 4.79 Å². The molecule has 154 valence electrons. The second-order valence-electron chi connectivity index (χ2n) is 7.55. The Kier molecular flexibility index (Phi) is 5.97. The number of ether oxygens (including phenoxy) is 2. The van der Waals surface area contributed by atoms with Gasteiger partial charge in [-0.2, -0.15) is 0 Å². The molecule has 3 aromatic rings. The van der Waals surface area contributed by atoms with E-state index < -0.39 is 0 Å². The zero-order valence-electron chi connectivity index (χ0n) is 17.1. The van der Waals surface area contributed by atoms with E-state index in [1.165, 1.54) is 5.56 Å². The molecule has 2 aromatic heterocycles. The van der Waals surface area contributed by atoms with Gasteiger partial charge < -0.3 is 9.47 Å². The molecule has 0 spiro atoms. The fourth-order valence-corrected chi connectivity index (χ4v) is 3.87. The normalized spacial score (nSPS) is 17.2. The molecule has 1 unspecified atom stereocenters. The Labute approximate surface area is 170 Å². The minimum absolute atomic E-state index is 0.0410. The maximum Gasteiger partial charge on any atom is 0.272 e. The van der Waals surface area contributed by atoms with Crippen molar-refractivity contribution in [1.29, 1.82) is 0 Å². The zero-order chi connectivity index (χ0) is 20.2. The smallest absolute Gasteiger partial charge is 0.272 e. The first-order valence-corrected chi connectivity index (χ1v) is 10.2. The molecule has 7 nitrogen and oxygen atoms in total. The van der Waals surface area contributed by atoms with Crippen molar-refractivity contribution >= 4 is 5.65 Å². The molecule has 29 heavy (non-hydrogen) atoms. The lowest BCUT2D eigenvalue weighted by molar-refractivity contribution is 0.146. The number of hydrogen-bond acceptors (Lipinski definition) is 5. The number of nitrogens with one attached hydrogen (secondary N) is 1. The van der Waals surface area contributed by atoms with Gasteiger partial charge in [0.15, 0.2) is 5.65 Å². The summed E-state index contributed by atoms with van der Waals surface area (Å²) < 4.78 is 12.2. The van der Waals surface area contributed by atoms with Crippen LogP contribution in [0.25, 0.3) is 5.65 Å². The second-order valence-corrected chi connectivity index (χ2v) is 7.55. The van der Waals surface area contributed by atoms with Gasteiger partial charge in [0, 0.05) is 49.6 Å². The summed E-state index contributed by atoms with van der Waals surface area (Å²) >= 11 is 0. The first kappa shape index (κ1) is 19.7. The molecule has 1 aliphatic heterocycles. The maximum absolute atomic E-state index is 12.3. The quantitative estimate of drug-likeness (QED) is 0.593. The van der Waals surface area contributed by atoms with E-state index in [0.29, 0.717) is 24.8 Å². The number of methoxy groups -OCH3 is 1. The van der Waals surface area contributed by atoms with Crippen molar-refractivity contribution in [3.63, 3.8) is 0 Å². The van der Waals surface area contributed by atoms with Gasteiger partial charge in [-0.25, -0.2) is 9.50 Å². The molecule has 1 atom stereocenters. The number of fused-ring (bicyclic) bond motifs is 1. The Bertz CT molecular complexity index is 1010. The number of benzene rings is 1. The van der Waals surface area contributed by atoms with Gasteiger partial charge >= 0.3 is 0 Å². The fraction of sp³-hybridized carbons (Fsp3) is 0.455. The maximum atomic E-state index is 12.3. The van der Waals surface area contributed by atoms with E-state index in [1.807, 2.05) is 25.1 Å². The highest BCUT2D eigenvalue weighted by atomic mass is 16.5. The molecule has 4 rings (SSSR count). The molecule has 1 saturated heterocycles. The van der Waals surface area contributed by atoms with Crippen LogP contribution >= 0.6 is 0 Å². The highest BCUT2D eigenvalue weighted by Gasteiger charge is 2.25. The first-order valence-electron chi connectivity index (χ1n) is 10.2. The summed E-state index contributed by atoms with van der Waals surface area (Å²) in [6.45, 7) is 6.08. The number of rotatable bonds is 8. The van der Waals surface area contributed by atoms with Crippen LogP contribution in [-0.2, 0) is 17.7 Å². The van der Waals surface area contributed by atoms with E-state index in [4.69, 9.17) is 9.47 Å².